The van der Waals surface area contributed by atoms with Gasteiger partial charge in [-0.25, -0.2) is 0 Å². The van der Waals surface area contributed by atoms with Crippen LogP contribution in [0.3, 0.4) is 0 Å². The molecule has 5 heteroatoms. The van der Waals surface area contributed by atoms with E-state index in [0.717, 1.165) is 50.2 Å². The standard InChI is InChI=1S/C26H42O5/c1-17(14-25(28,29)16-27)20-6-7-21-19-5-4-18-15-26(30-12-13-31-26)11-10-23(18,2)22(19)8-9-24(20,21)3/h16-22,28-29H,4-15H2,1-3H3/t17?,18-,19?,20?,21?,22?,23?,24?/m0/s1. The lowest BCUT2D eigenvalue weighted by atomic mass is 9.44. The van der Waals surface area contributed by atoms with Gasteiger partial charge in [-0.15, -0.1) is 0 Å². The number of ether oxygens (including phenoxy) is 2. The molecule has 5 nitrogen and oxygen atoms in total. The molecule has 0 aromatic carbocycles. The van der Waals surface area contributed by atoms with Crippen LogP contribution >= 0.6 is 0 Å². The largest absolute Gasteiger partial charge is 0.360 e. The SMILES string of the molecule is CC(CC(O)(O)C=O)C1CCC2C3CC[C@H]4CC5(CCC4(C)C3CCC12C)OCCO5. The number of rotatable bonds is 4. The van der Waals surface area contributed by atoms with Gasteiger partial charge in [-0.3, -0.25) is 4.79 Å². The molecule has 0 aromatic rings. The summed E-state index contributed by atoms with van der Waals surface area (Å²) in [6, 6.07) is 0. The minimum absolute atomic E-state index is 0.143. The lowest BCUT2D eigenvalue weighted by Gasteiger charge is -2.62. The van der Waals surface area contributed by atoms with Gasteiger partial charge in [0.1, 0.15) is 0 Å². The molecule has 1 saturated heterocycles. The summed E-state index contributed by atoms with van der Waals surface area (Å²) in [5.74, 6) is 1.17. The van der Waals surface area contributed by atoms with Crippen molar-refractivity contribution in [3.63, 3.8) is 0 Å². The predicted octanol–water partition coefficient (Wildman–Crippen LogP) is 4.29. The predicted molar refractivity (Wildman–Crippen MR) is 117 cm³/mol. The average molecular weight is 435 g/mol. The third-order valence-electron chi connectivity index (χ3n) is 11.1. The normalized spacial score (nSPS) is 47.5. The first-order valence-electron chi connectivity index (χ1n) is 12.8. The third kappa shape index (κ3) is 3.45. The Morgan fingerprint density at radius 3 is 2.39 bits per heavy atom. The zero-order chi connectivity index (χ0) is 22.1. The first-order valence-corrected chi connectivity index (χ1v) is 12.8. The number of carbonyl (C=O) groups excluding carboxylic acids is 1. The van der Waals surface area contributed by atoms with Crippen molar-refractivity contribution in [2.24, 2.45) is 46.3 Å². The van der Waals surface area contributed by atoms with Crippen LogP contribution in [0.5, 0.6) is 0 Å². The monoisotopic (exact) mass is 434 g/mol. The molecule has 1 spiro atoms. The third-order valence-corrected chi connectivity index (χ3v) is 11.1. The number of aldehydes is 1. The Hall–Kier alpha value is -0.490. The first kappa shape index (κ1) is 22.3. The maximum absolute atomic E-state index is 11.1. The van der Waals surface area contributed by atoms with Gasteiger partial charge in [0.2, 0.25) is 5.79 Å². The summed E-state index contributed by atoms with van der Waals surface area (Å²) in [6.45, 7) is 8.68. The summed E-state index contributed by atoms with van der Waals surface area (Å²) in [4.78, 5) is 11.1. The Labute approximate surface area is 187 Å². The van der Waals surface area contributed by atoms with E-state index in [1.54, 1.807) is 0 Å². The molecule has 1 aliphatic heterocycles. The van der Waals surface area contributed by atoms with Crippen LogP contribution < -0.4 is 0 Å². The van der Waals surface area contributed by atoms with E-state index in [4.69, 9.17) is 9.47 Å². The molecular weight excluding hydrogens is 392 g/mol. The summed E-state index contributed by atoms with van der Waals surface area (Å²) >= 11 is 0. The van der Waals surface area contributed by atoms with Crippen LogP contribution in [0.1, 0.15) is 85.0 Å². The van der Waals surface area contributed by atoms with Gasteiger partial charge >= 0.3 is 0 Å². The van der Waals surface area contributed by atoms with Gasteiger partial charge in [0.15, 0.2) is 12.1 Å². The number of aliphatic hydroxyl groups is 2. The lowest BCUT2D eigenvalue weighted by Crippen LogP contribution is -2.56. The minimum atomic E-state index is -2.18. The summed E-state index contributed by atoms with van der Waals surface area (Å²) in [6.07, 6.45) is 11.4. The fourth-order valence-corrected chi connectivity index (χ4v) is 9.60. The van der Waals surface area contributed by atoms with E-state index in [2.05, 4.69) is 20.8 Å². The summed E-state index contributed by atoms with van der Waals surface area (Å²) in [5, 5.41) is 19.9. The zero-order valence-electron chi connectivity index (χ0n) is 19.6. The Kier molecular flexibility index (Phi) is 5.41. The van der Waals surface area contributed by atoms with E-state index in [1.807, 2.05) is 0 Å². The van der Waals surface area contributed by atoms with Gasteiger partial charge < -0.3 is 19.7 Å². The van der Waals surface area contributed by atoms with Crippen LogP contribution in [0.25, 0.3) is 0 Å². The van der Waals surface area contributed by atoms with Crippen molar-refractivity contribution >= 4 is 6.29 Å². The summed E-state index contributed by atoms with van der Waals surface area (Å²) in [5.41, 5.74) is 0.660. The molecule has 7 unspecified atom stereocenters. The van der Waals surface area contributed by atoms with Crippen molar-refractivity contribution in [3.05, 3.63) is 0 Å². The van der Waals surface area contributed by atoms with Crippen LogP contribution in [0.4, 0.5) is 0 Å². The van der Waals surface area contributed by atoms with Crippen LogP contribution in [0.15, 0.2) is 0 Å². The zero-order valence-corrected chi connectivity index (χ0v) is 19.6. The fourth-order valence-electron chi connectivity index (χ4n) is 9.60. The number of fused-ring (bicyclic) bond motifs is 5. The molecule has 8 atom stereocenters. The highest BCUT2D eigenvalue weighted by molar-refractivity contribution is 5.58. The lowest BCUT2D eigenvalue weighted by molar-refractivity contribution is -0.230. The molecule has 0 aromatic heterocycles. The maximum Gasteiger partial charge on any atom is 0.221 e. The average Bonchev–Trinajstić information content (AvgIpc) is 3.32. The first-order chi connectivity index (χ1) is 14.6. The van der Waals surface area contributed by atoms with Crippen molar-refractivity contribution in [1.29, 1.82) is 0 Å². The Bertz CT molecular complexity index is 700. The Balaban J connectivity index is 1.33. The van der Waals surface area contributed by atoms with Crippen LogP contribution in [-0.2, 0) is 14.3 Å². The van der Waals surface area contributed by atoms with Crippen LogP contribution in [0.2, 0.25) is 0 Å². The number of carbonyl (C=O) groups is 1. The highest BCUT2D eigenvalue weighted by Crippen LogP contribution is 2.69. The molecule has 1 heterocycles. The van der Waals surface area contributed by atoms with Gasteiger partial charge in [0.05, 0.1) is 13.2 Å². The maximum atomic E-state index is 11.1. The van der Waals surface area contributed by atoms with Crippen molar-refractivity contribution < 1.29 is 24.5 Å². The second-order valence-electron chi connectivity index (χ2n) is 12.4. The van der Waals surface area contributed by atoms with E-state index in [-0.39, 0.29) is 23.5 Å². The number of hydrogen-bond donors (Lipinski definition) is 2. The molecular formula is C26H42O5. The highest BCUT2D eigenvalue weighted by atomic mass is 16.7. The summed E-state index contributed by atoms with van der Waals surface area (Å²) in [7, 11) is 0. The second-order valence-corrected chi connectivity index (χ2v) is 12.4. The molecule has 0 radical (unpaired) electrons. The highest BCUT2D eigenvalue weighted by Gasteiger charge is 2.62. The molecule has 4 aliphatic carbocycles. The Morgan fingerprint density at radius 2 is 1.68 bits per heavy atom. The summed E-state index contributed by atoms with van der Waals surface area (Å²) < 4.78 is 12.2. The molecule has 5 rings (SSSR count). The molecule has 2 N–H and O–H groups in total. The molecule has 5 fully saturated rings. The van der Waals surface area contributed by atoms with Gasteiger partial charge in [-0.2, -0.15) is 0 Å². The molecule has 4 saturated carbocycles. The van der Waals surface area contributed by atoms with Crippen molar-refractivity contribution in [1.82, 2.24) is 0 Å². The topological polar surface area (TPSA) is 76.0 Å². The minimum Gasteiger partial charge on any atom is -0.360 e. The molecule has 5 aliphatic rings. The van der Waals surface area contributed by atoms with Crippen LogP contribution in [0, 0.1) is 46.3 Å². The molecule has 31 heavy (non-hydrogen) atoms. The number of hydrogen-bond acceptors (Lipinski definition) is 5. The molecule has 176 valence electrons. The van der Waals surface area contributed by atoms with Crippen molar-refractivity contribution in [3.8, 4) is 0 Å². The van der Waals surface area contributed by atoms with Gasteiger partial charge in [-0.1, -0.05) is 20.8 Å². The van der Waals surface area contributed by atoms with Crippen molar-refractivity contribution in [2.75, 3.05) is 13.2 Å². The quantitative estimate of drug-likeness (QED) is 0.510. The smallest absolute Gasteiger partial charge is 0.221 e. The van der Waals surface area contributed by atoms with Gasteiger partial charge in [-0.05, 0) is 91.3 Å². The van der Waals surface area contributed by atoms with Crippen LogP contribution in [-0.4, -0.2) is 41.3 Å². The molecule has 0 amide bonds. The van der Waals surface area contributed by atoms with E-state index in [9.17, 15) is 15.0 Å². The van der Waals surface area contributed by atoms with Crippen molar-refractivity contribution in [2.45, 2.75) is 96.6 Å². The van der Waals surface area contributed by atoms with E-state index < -0.39 is 5.79 Å². The molecule has 0 bridgehead atoms. The van der Waals surface area contributed by atoms with E-state index >= 15 is 0 Å². The van der Waals surface area contributed by atoms with E-state index in [1.165, 1.54) is 38.5 Å². The fraction of sp³-hybridized carbons (Fsp3) is 0.962. The van der Waals surface area contributed by atoms with Gasteiger partial charge in [0, 0.05) is 19.3 Å². The second kappa shape index (κ2) is 7.51. The van der Waals surface area contributed by atoms with E-state index in [0.29, 0.717) is 23.5 Å². The van der Waals surface area contributed by atoms with Gasteiger partial charge in [0.25, 0.3) is 0 Å². The Morgan fingerprint density at radius 1 is 0.968 bits per heavy atom.